The first-order chi connectivity index (χ1) is 8.43. The minimum Gasteiger partial charge on any atom is -0.541 e. The third kappa shape index (κ3) is 2.30. The first-order valence-electron chi connectivity index (χ1n) is 5.47. The van der Waals surface area contributed by atoms with Gasteiger partial charge in [-0.05, 0) is 5.56 Å². The summed E-state index contributed by atoms with van der Waals surface area (Å²) in [5.74, 6) is -1.67. The molecule has 93 valence electrons. The monoisotopic (exact) mass is 331 g/mol. The molecule has 1 heterocycles. The zero-order chi connectivity index (χ0) is 13.4. The van der Waals surface area contributed by atoms with Gasteiger partial charge < -0.3 is 4.79 Å². The second-order valence-electron chi connectivity index (χ2n) is 3.76. The van der Waals surface area contributed by atoms with E-state index in [9.17, 15) is 18.0 Å². The van der Waals surface area contributed by atoms with Gasteiger partial charge in [0, 0.05) is 46.8 Å². The molecule has 6 heteroatoms. The molecule has 0 amide bonds. The Labute approximate surface area is 129 Å². The van der Waals surface area contributed by atoms with Crippen LogP contribution in [0.5, 0.6) is 0 Å². The van der Waals surface area contributed by atoms with Crippen LogP contribution in [0.15, 0.2) is 35.3 Å². The van der Waals surface area contributed by atoms with E-state index < -0.39 is 24.0 Å². The fourth-order valence-electron chi connectivity index (χ4n) is 1.95. The molecular weight excluding hydrogens is 320 g/mol. The Bertz CT molecular complexity index is 480. The number of hydrogen-bond acceptors (Lipinski definition) is 2. The zero-order valence-electron chi connectivity index (χ0n) is 10.2. The topological polar surface area (TPSA) is 29.4 Å². The molecule has 18 heavy (non-hydrogen) atoms. The van der Waals surface area contributed by atoms with Crippen molar-refractivity contribution in [1.29, 1.82) is 0 Å². The van der Waals surface area contributed by atoms with E-state index in [0.717, 1.165) is 0 Å². The van der Waals surface area contributed by atoms with Crippen LogP contribution in [0.3, 0.4) is 0 Å². The van der Waals surface area contributed by atoms with E-state index in [2.05, 4.69) is 4.99 Å². The third-order valence-corrected chi connectivity index (χ3v) is 2.85. The summed E-state index contributed by atoms with van der Waals surface area (Å²) in [5.41, 5.74) is -2.63. The third-order valence-electron chi connectivity index (χ3n) is 2.85. The minimum atomic E-state index is -4.70. The van der Waals surface area contributed by atoms with Gasteiger partial charge in [0.2, 0.25) is 0 Å². The second kappa shape index (κ2) is 5.62. The van der Waals surface area contributed by atoms with Crippen molar-refractivity contribution in [2.45, 2.75) is 11.6 Å². The van der Waals surface area contributed by atoms with Gasteiger partial charge in [-0.2, -0.15) is 13.2 Å². The van der Waals surface area contributed by atoms with E-state index in [1.54, 1.807) is 6.07 Å². The smallest absolute Gasteiger partial charge is 0.401 e. The predicted molar refractivity (Wildman–Crippen MR) is 56.7 cm³/mol. The quantitative estimate of drug-likeness (QED) is 0.765. The Balaban J connectivity index is 0.00000180. The summed E-state index contributed by atoms with van der Waals surface area (Å²) in [5, 5.41) is 0. The Morgan fingerprint density at radius 1 is 1.39 bits per heavy atom. The maximum absolute atomic E-state index is 13.4. The molecule has 2 nitrogen and oxygen atoms in total. The molecule has 3 atom stereocenters. The van der Waals surface area contributed by atoms with Gasteiger partial charge in [0.15, 0.2) is 0 Å². The van der Waals surface area contributed by atoms with E-state index in [4.69, 9.17) is 1.37 Å². The Morgan fingerprint density at radius 3 is 2.50 bits per heavy atom. The minimum absolute atomic E-state index is 0. The van der Waals surface area contributed by atoms with Gasteiger partial charge in [0.1, 0.15) is 5.41 Å². The van der Waals surface area contributed by atoms with Crippen LogP contribution in [0.4, 0.5) is 13.2 Å². The van der Waals surface area contributed by atoms with Crippen molar-refractivity contribution in [3.05, 3.63) is 35.9 Å². The van der Waals surface area contributed by atoms with Crippen molar-refractivity contribution in [3.63, 3.8) is 0 Å². The molecule has 1 aromatic rings. The number of hydrogen-bond donors (Lipinski definition) is 0. The molecule has 0 N–H and O–H groups in total. The average Bonchev–Trinajstić information content (AvgIpc) is 2.68. The number of halogens is 3. The van der Waals surface area contributed by atoms with Crippen molar-refractivity contribution in [2.75, 3.05) is 6.52 Å². The molecular formula is C12H9F3NOY-. The number of benzene rings is 1. The summed E-state index contributed by atoms with van der Waals surface area (Å²) < 4.78 is 47.5. The molecule has 0 saturated carbocycles. The molecule has 1 aliphatic rings. The van der Waals surface area contributed by atoms with Gasteiger partial charge in [-0.1, -0.05) is 36.2 Å². The van der Waals surface area contributed by atoms with Crippen LogP contribution in [0.25, 0.3) is 0 Å². The van der Waals surface area contributed by atoms with Gasteiger partial charge in [0.05, 0.1) is 0 Å². The molecule has 0 saturated heterocycles. The first kappa shape index (κ1) is 13.9. The van der Waals surface area contributed by atoms with Gasteiger partial charge in [-0.3, -0.25) is 11.3 Å². The average molecular weight is 331 g/mol. The van der Waals surface area contributed by atoms with Crippen LogP contribution in [-0.4, -0.2) is 25.2 Å². The van der Waals surface area contributed by atoms with Crippen molar-refractivity contribution in [2.24, 2.45) is 10.9 Å². The van der Waals surface area contributed by atoms with E-state index in [1.807, 2.05) is 0 Å². The van der Waals surface area contributed by atoms with E-state index >= 15 is 0 Å². The van der Waals surface area contributed by atoms with Crippen molar-refractivity contribution >= 4 is 12.5 Å². The number of carbonyl (C=O) groups excluding carboxylic acids is 1. The summed E-state index contributed by atoms with van der Waals surface area (Å²) in [6, 6.07) is 7.05. The van der Waals surface area contributed by atoms with Crippen molar-refractivity contribution < 1.29 is 52.0 Å². The molecule has 1 radical (unpaired) electrons. The van der Waals surface area contributed by atoms with E-state index in [-0.39, 0.29) is 38.3 Å². The maximum Gasteiger partial charge on any atom is 0.401 e. The molecule has 0 spiro atoms. The maximum atomic E-state index is 13.4. The van der Waals surface area contributed by atoms with E-state index in [0.29, 0.717) is 6.21 Å². The van der Waals surface area contributed by atoms with Crippen molar-refractivity contribution in [3.8, 4) is 0 Å². The van der Waals surface area contributed by atoms with Crippen molar-refractivity contribution in [1.82, 2.24) is 0 Å². The van der Waals surface area contributed by atoms with Gasteiger partial charge >= 0.3 is 6.18 Å². The molecule has 2 rings (SSSR count). The van der Waals surface area contributed by atoms with Crippen LogP contribution < -0.4 is 0 Å². The number of aliphatic imine (C=N–C) groups is 1. The summed E-state index contributed by atoms with van der Waals surface area (Å²) in [6.45, 7) is -1.47. The van der Waals surface area contributed by atoms with Gasteiger partial charge in [0.25, 0.3) is 0 Å². The molecule has 1 aromatic carbocycles. The standard InChI is InChI=1S/C12H9F3NO.Y/c13-12(14,15)11(8-16-6-10(11)7-17)9-4-2-1-3-5-9;/h1-5,8,10H,6H2;/q-1;/i6T;. The van der Waals surface area contributed by atoms with Crippen LogP contribution in [0.2, 0.25) is 0 Å². The number of rotatable bonds is 2. The van der Waals surface area contributed by atoms with Crippen LogP contribution >= 0.6 is 0 Å². The summed E-state index contributed by atoms with van der Waals surface area (Å²) in [6.07, 6.45) is -2.71. The second-order valence-corrected chi connectivity index (χ2v) is 3.76. The summed E-state index contributed by atoms with van der Waals surface area (Å²) in [7, 11) is 0. The first-order valence-corrected chi connectivity index (χ1v) is 4.90. The van der Waals surface area contributed by atoms with Gasteiger partial charge in [-0.25, -0.2) is 0 Å². The normalized spacial score (nSPS) is 31.6. The fraction of sp³-hybridized carbons (Fsp3) is 0.333. The number of alkyl halides is 3. The van der Waals surface area contributed by atoms with Crippen LogP contribution in [-0.2, 0) is 42.9 Å². The zero-order valence-corrected chi connectivity index (χ0v) is 12.0. The summed E-state index contributed by atoms with van der Waals surface area (Å²) >= 11 is 0. The Morgan fingerprint density at radius 2 is 2.00 bits per heavy atom. The molecule has 0 aromatic heterocycles. The number of nitrogens with zero attached hydrogens (tertiary/aromatic N) is 1. The molecule has 3 unspecified atom stereocenters. The van der Waals surface area contributed by atoms with Gasteiger partial charge in [-0.15, -0.1) is 0 Å². The molecule has 0 fully saturated rings. The Hall–Kier alpha value is -0.546. The molecule has 0 aliphatic carbocycles. The Kier molecular flexibility index (Phi) is 4.33. The largest absolute Gasteiger partial charge is 0.541 e. The summed E-state index contributed by atoms with van der Waals surface area (Å²) in [4.78, 5) is 14.3. The fourth-order valence-corrected chi connectivity index (χ4v) is 1.95. The predicted octanol–water partition coefficient (Wildman–Crippen LogP) is 2.29. The van der Waals surface area contributed by atoms with E-state index in [1.165, 1.54) is 30.6 Å². The van der Waals surface area contributed by atoms with Crippen LogP contribution in [0.1, 0.15) is 6.93 Å². The molecule has 1 aliphatic heterocycles. The molecule has 0 bridgehead atoms. The van der Waals surface area contributed by atoms with Crippen LogP contribution in [0, 0.1) is 5.92 Å². The SMILES string of the molecule is [3H]C1N=CC(c2ccccc2)(C(F)(F)F)C1[C-]=O.[Y].